The molecule has 0 aliphatic carbocycles. The first-order valence-electron chi connectivity index (χ1n) is 6.82. The van der Waals surface area contributed by atoms with Gasteiger partial charge in [-0.15, -0.1) is 0 Å². The molecule has 110 valence electrons. The van der Waals surface area contributed by atoms with Crippen molar-refractivity contribution in [3.8, 4) is 5.75 Å². The first-order chi connectivity index (χ1) is 10.1. The normalized spacial score (nSPS) is 10.0. The van der Waals surface area contributed by atoms with Gasteiger partial charge in [0.25, 0.3) is 0 Å². The minimum atomic E-state index is -0.682. The maximum absolute atomic E-state index is 11.5. The van der Waals surface area contributed by atoms with E-state index in [0.29, 0.717) is 12.3 Å². The summed E-state index contributed by atoms with van der Waals surface area (Å²) < 4.78 is 10.1. The average molecular weight is 285 g/mol. The number of carbonyl (C=O) groups excluding carboxylic acids is 1. The molecule has 2 aromatic carbocycles. The molecule has 2 aromatic rings. The van der Waals surface area contributed by atoms with E-state index in [9.17, 15) is 4.79 Å². The topological polar surface area (TPSA) is 38.8 Å². The highest BCUT2D eigenvalue weighted by molar-refractivity contribution is 5.63. The summed E-state index contributed by atoms with van der Waals surface area (Å²) in [6, 6.07) is 17.0. The standard InChI is InChI=1S/C17H19NO3/c1-14-7-6-8-15(13-14)18(2)11-12-20-17(19)21-16-9-4-3-5-10-16/h3-10,13H,11-12H2,1-2H3. The van der Waals surface area contributed by atoms with E-state index in [1.54, 1.807) is 24.3 Å². The first-order valence-corrected chi connectivity index (χ1v) is 6.82. The van der Waals surface area contributed by atoms with Gasteiger partial charge in [-0.2, -0.15) is 0 Å². The number of nitrogens with zero attached hydrogens (tertiary/aromatic N) is 1. The van der Waals surface area contributed by atoms with E-state index < -0.39 is 6.16 Å². The summed E-state index contributed by atoms with van der Waals surface area (Å²) in [6.07, 6.45) is -0.682. The van der Waals surface area contributed by atoms with Crippen molar-refractivity contribution in [2.75, 3.05) is 25.1 Å². The summed E-state index contributed by atoms with van der Waals surface area (Å²) in [6.45, 7) is 2.93. The number of benzene rings is 2. The predicted molar refractivity (Wildman–Crippen MR) is 82.9 cm³/mol. The second-order valence-electron chi connectivity index (χ2n) is 4.77. The summed E-state index contributed by atoms with van der Waals surface area (Å²) in [5.74, 6) is 0.481. The number of carbonyl (C=O) groups is 1. The monoisotopic (exact) mass is 285 g/mol. The van der Waals surface area contributed by atoms with Gasteiger partial charge >= 0.3 is 6.16 Å². The third kappa shape index (κ3) is 4.84. The summed E-state index contributed by atoms with van der Waals surface area (Å²) in [5.41, 5.74) is 2.29. The molecule has 0 saturated carbocycles. The van der Waals surface area contributed by atoms with Crippen LogP contribution in [0.15, 0.2) is 54.6 Å². The number of hydrogen-bond donors (Lipinski definition) is 0. The number of ether oxygens (including phenoxy) is 2. The molecule has 0 aliphatic heterocycles. The molecule has 0 fully saturated rings. The van der Waals surface area contributed by atoms with Gasteiger partial charge in [-0.3, -0.25) is 0 Å². The molecule has 4 heteroatoms. The Kier molecular flexibility index (Phi) is 5.21. The van der Waals surface area contributed by atoms with Crippen LogP contribution in [0.2, 0.25) is 0 Å². The lowest BCUT2D eigenvalue weighted by atomic mass is 10.2. The molecule has 0 bridgehead atoms. The zero-order chi connectivity index (χ0) is 15.1. The molecular formula is C17H19NO3. The van der Waals surface area contributed by atoms with E-state index in [1.165, 1.54) is 5.56 Å². The lowest BCUT2D eigenvalue weighted by molar-refractivity contribution is 0.102. The fourth-order valence-electron chi connectivity index (χ4n) is 1.87. The van der Waals surface area contributed by atoms with E-state index in [4.69, 9.17) is 9.47 Å². The highest BCUT2D eigenvalue weighted by Crippen LogP contribution is 2.14. The van der Waals surface area contributed by atoms with Crippen LogP contribution < -0.4 is 9.64 Å². The van der Waals surface area contributed by atoms with Crippen LogP contribution in [0, 0.1) is 6.92 Å². The average Bonchev–Trinajstić information content (AvgIpc) is 2.48. The highest BCUT2D eigenvalue weighted by atomic mass is 16.7. The molecule has 0 spiro atoms. The predicted octanol–water partition coefficient (Wildman–Crippen LogP) is 3.65. The largest absolute Gasteiger partial charge is 0.513 e. The van der Waals surface area contributed by atoms with Gasteiger partial charge in [0.05, 0.1) is 6.54 Å². The number of hydrogen-bond acceptors (Lipinski definition) is 4. The van der Waals surface area contributed by atoms with Crippen LogP contribution in [-0.4, -0.2) is 26.4 Å². The molecule has 4 nitrogen and oxygen atoms in total. The number of para-hydroxylation sites is 1. The second-order valence-corrected chi connectivity index (χ2v) is 4.77. The van der Waals surface area contributed by atoms with Gasteiger partial charge in [0, 0.05) is 12.7 Å². The van der Waals surface area contributed by atoms with Crippen molar-refractivity contribution in [2.45, 2.75) is 6.92 Å². The lowest BCUT2D eigenvalue weighted by Crippen LogP contribution is -2.24. The van der Waals surface area contributed by atoms with Crippen LogP contribution in [0.25, 0.3) is 0 Å². The quantitative estimate of drug-likeness (QED) is 0.621. The van der Waals surface area contributed by atoms with Gasteiger partial charge in [0.2, 0.25) is 0 Å². The van der Waals surface area contributed by atoms with Gasteiger partial charge in [-0.1, -0.05) is 30.3 Å². The first kappa shape index (κ1) is 14.9. The van der Waals surface area contributed by atoms with Crippen molar-refractivity contribution in [3.63, 3.8) is 0 Å². The Bertz CT molecular complexity index is 584. The van der Waals surface area contributed by atoms with Crippen LogP contribution in [0.4, 0.5) is 10.5 Å². The third-order valence-corrected chi connectivity index (χ3v) is 3.03. The molecule has 0 saturated heterocycles. The van der Waals surface area contributed by atoms with E-state index in [2.05, 4.69) is 6.07 Å². The van der Waals surface area contributed by atoms with Crippen molar-refractivity contribution >= 4 is 11.8 Å². The lowest BCUT2D eigenvalue weighted by Gasteiger charge is -2.19. The number of aryl methyl sites for hydroxylation is 1. The van der Waals surface area contributed by atoms with Crippen molar-refractivity contribution in [3.05, 3.63) is 60.2 Å². The Hall–Kier alpha value is -2.49. The highest BCUT2D eigenvalue weighted by Gasteiger charge is 2.07. The summed E-state index contributed by atoms with van der Waals surface area (Å²) in [7, 11) is 1.96. The third-order valence-electron chi connectivity index (χ3n) is 3.03. The molecule has 0 radical (unpaired) electrons. The van der Waals surface area contributed by atoms with E-state index >= 15 is 0 Å². The van der Waals surface area contributed by atoms with Gasteiger partial charge in [-0.25, -0.2) is 4.79 Å². The Morgan fingerprint density at radius 2 is 1.86 bits per heavy atom. The summed E-state index contributed by atoms with van der Waals surface area (Å²) in [4.78, 5) is 13.6. The van der Waals surface area contributed by atoms with E-state index in [0.717, 1.165) is 5.69 Å². The Morgan fingerprint density at radius 3 is 2.57 bits per heavy atom. The van der Waals surface area contributed by atoms with Gasteiger partial charge in [-0.05, 0) is 36.8 Å². The van der Waals surface area contributed by atoms with Crippen LogP contribution in [0.5, 0.6) is 5.75 Å². The number of anilines is 1. The number of likely N-dealkylation sites (N-methyl/N-ethyl adjacent to an activating group) is 1. The minimum Gasteiger partial charge on any atom is -0.432 e. The Balaban J connectivity index is 1.75. The fourth-order valence-corrected chi connectivity index (χ4v) is 1.87. The molecule has 0 heterocycles. The van der Waals surface area contributed by atoms with Crippen molar-refractivity contribution in [1.29, 1.82) is 0 Å². The van der Waals surface area contributed by atoms with Crippen molar-refractivity contribution < 1.29 is 14.3 Å². The molecule has 0 amide bonds. The maximum atomic E-state index is 11.5. The Morgan fingerprint density at radius 1 is 1.10 bits per heavy atom. The smallest absolute Gasteiger partial charge is 0.432 e. The maximum Gasteiger partial charge on any atom is 0.513 e. The number of rotatable bonds is 5. The molecule has 0 unspecified atom stereocenters. The van der Waals surface area contributed by atoms with Crippen LogP contribution in [0.1, 0.15) is 5.56 Å². The van der Waals surface area contributed by atoms with Crippen LogP contribution >= 0.6 is 0 Å². The van der Waals surface area contributed by atoms with Gasteiger partial charge < -0.3 is 14.4 Å². The van der Waals surface area contributed by atoms with E-state index in [-0.39, 0.29) is 6.61 Å². The molecule has 0 atom stereocenters. The van der Waals surface area contributed by atoms with Crippen LogP contribution in [-0.2, 0) is 4.74 Å². The van der Waals surface area contributed by atoms with Crippen molar-refractivity contribution in [1.82, 2.24) is 0 Å². The van der Waals surface area contributed by atoms with Crippen LogP contribution in [0.3, 0.4) is 0 Å². The molecule has 21 heavy (non-hydrogen) atoms. The summed E-state index contributed by atoms with van der Waals surface area (Å²) in [5, 5.41) is 0. The van der Waals surface area contributed by atoms with Crippen molar-refractivity contribution in [2.24, 2.45) is 0 Å². The molecule has 0 N–H and O–H groups in total. The van der Waals surface area contributed by atoms with Gasteiger partial charge in [0.1, 0.15) is 12.4 Å². The zero-order valence-corrected chi connectivity index (χ0v) is 12.3. The Labute approximate surface area is 124 Å². The van der Waals surface area contributed by atoms with E-state index in [1.807, 2.05) is 43.1 Å². The molecular weight excluding hydrogens is 266 g/mol. The second kappa shape index (κ2) is 7.33. The zero-order valence-electron chi connectivity index (χ0n) is 12.3. The fraction of sp³-hybridized carbons (Fsp3) is 0.235. The molecule has 0 aromatic heterocycles. The molecule has 0 aliphatic rings. The molecule has 2 rings (SSSR count). The SMILES string of the molecule is Cc1cccc(N(C)CCOC(=O)Oc2ccccc2)c1. The van der Waals surface area contributed by atoms with Gasteiger partial charge in [0.15, 0.2) is 0 Å². The summed E-state index contributed by atoms with van der Waals surface area (Å²) >= 11 is 0. The minimum absolute atomic E-state index is 0.274.